The predicted molar refractivity (Wildman–Crippen MR) is 70.1 cm³/mol. The zero-order valence-electron chi connectivity index (χ0n) is 9.97. The van der Waals surface area contributed by atoms with Crippen molar-refractivity contribution in [2.24, 2.45) is 5.73 Å². The third-order valence-electron chi connectivity index (χ3n) is 2.71. The summed E-state index contributed by atoms with van der Waals surface area (Å²) in [6, 6.07) is 18.0. The minimum atomic E-state index is -0.0770. The summed E-state index contributed by atoms with van der Waals surface area (Å²) in [5.74, 6) is 0.886. The summed E-state index contributed by atoms with van der Waals surface area (Å²) < 4.78 is 5.41. The normalized spacial score (nSPS) is 12.1. The van der Waals surface area contributed by atoms with Gasteiger partial charge in [0.05, 0.1) is 12.6 Å². The molecule has 0 spiro atoms. The molecule has 0 fully saturated rings. The monoisotopic (exact) mass is 227 g/mol. The Morgan fingerprint density at radius 3 is 2.12 bits per heavy atom. The molecule has 0 bridgehead atoms. The van der Waals surface area contributed by atoms with Crippen LogP contribution >= 0.6 is 0 Å². The van der Waals surface area contributed by atoms with Crippen molar-refractivity contribution in [3.05, 3.63) is 65.7 Å². The molecule has 0 amide bonds. The average Bonchev–Trinajstić information content (AvgIpc) is 2.40. The highest BCUT2D eigenvalue weighted by atomic mass is 16.5. The van der Waals surface area contributed by atoms with Crippen molar-refractivity contribution in [2.45, 2.75) is 13.0 Å². The Morgan fingerprint density at radius 2 is 1.53 bits per heavy atom. The van der Waals surface area contributed by atoms with E-state index in [0.717, 1.165) is 16.9 Å². The number of nitrogens with two attached hydrogens (primary N) is 1. The molecule has 0 aliphatic heterocycles. The van der Waals surface area contributed by atoms with Gasteiger partial charge in [-0.05, 0) is 30.2 Å². The Hall–Kier alpha value is -1.80. The van der Waals surface area contributed by atoms with Crippen LogP contribution in [0.2, 0.25) is 0 Å². The summed E-state index contributed by atoms with van der Waals surface area (Å²) in [7, 11) is 0. The summed E-state index contributed by atoms with van der Waals surface area (Å²) in [6.07, 6.45) is 0. The molecule has 2 N–H and O–H groups in total. The lowest BCUT2D eigenvalue weighted by atomic mass is 10.00. The van der Waals surface area contributed by atoms with Crippen LogP contribution in [-0.2, 0) is 0 Å². The fourth-order valence-corrected chi connectivity index (χ4v) is 1.79. The SMILES string of the molecule is CCOc1ccc([C@H](N)c2ccccc2)cc1. The molecule has 0 saturated heterocycles. The molecule has 2 rings (SSSR count). The number of hydrogen-bond acceptors (Lipinski definition) is 2. The van der Waals surface area contributed by atoms with Crippen LogP contribution in [0.25, 0.3) is 0 Å². The Morgan fingerprint density at radius 1 is 0.941 bits per heavy atom. The Bertz CT molecular complexity index is 450. The van der Waals surface area contributed by atoms with Crippen LogP contribution in [0.1, 0.15) is 24.1 Å². The van der Waals surface area contributed by atoms with Gasteiger partial charge in [-0.15, -0.1) is 0 Å². The second-order valence-electron chi connectivity index (χ2n) is 3.89. The number of ether oxygens (including phenoxy) is 1. The van der Waals surface area contributed by atoms with Crippen molar-refractivity contribution in [1.82, 2.24) is 0 Å². The summed E-state index contributed by atoms with van der Waals surface area (Å²) in [6.45, 7) is 2.66. The molecular weight excluding hydrogens is 210 g/mol. The third-order valence-corrected chi connectivity index (χ3v) is 2.71. The zero-order chi connectivity index (χ0) is 12.1. The fraction of sp³-hybridized carbons (Fsp3) is 0.200. The summed E-state index contributed by atoms with van der Waals surface area (Å²) in [4.78, 5) is 0. The molecule has 0 radical (unpaired) electrons. The first kappa shape index (κ1) is 11.7. The van der Waals surface area contributed by atoms with Crippen molar-refractivity contribution in [3.63, 3.8) is 0 Å². The van der Waals surface area contributed by atoms with Gasteiger partial charge >= 0.3 is 0 Å². The van der Waals surface area contributed by atoms with Gasteiger partial charge in [-0.2, -0.15) is 0 Å². The first-order valence-corrected chi connectivity index (χ1v) is 5.84. The maximum Gasteiger partial charge on any atom is 0.119 e. The van der Waals surface area contributed by atoms with E-state index in [2.05, 4.69) is 0 Å². The highest BCUT2D eigenvalue weighted by Crippen LogP contribution is 2.21. The Kier molecular flexibility index (Phi) is 3.78. The van der Waals surface area contributed by atoms with Crippen LogP contribution in [0.4, 0.5) is 0 Å². The molecular formula is C15H17NO. The van der Waals surface area contributed by atoms with Crippen LogP contribution in [0.15, 0.2) is 54.6 Å². The van der Waals surface area contributed by atoms with Gasteiger partial charge in [-0.1, -0.05) is 42.5 Å². The quantitative estimate of drug-likeness (QED) is 0.871. The van der Waals surface area contributed by atoms with Crippen LogP contribution in [0, 0.1) is 0 Å². The molecule has 2 heteroatoms. The smallest absolute Gasteiger partial charge is 0.119 e. The van der Waals surface area contributed by atoms with E-state index < -0.39 is 0 Å². The van der Waals surface area contributed by atoms with Crippen LogP contribution < -0.4 is 10.5 Å². The van der Waals surface area contributed by atoms with Crippen molar-refractivity contribution >= 4 is 0 Å². The molecule has 0 heterocycles. The van der Waals surface area contributed by atoms with Crippen LogP contribution in [-0.4, -0.2) is 6.61 Å². The molecule has 17 heavy (non-hydrogen) atoms. The number of rotatable bonds is 4. The minimum Gasteiger partial charge on any atom is -0.494 e. The topological polar surface area (TPSA) is 35.2 Å². The molecule has 2 aromatic carbocycles. The van der Waals surface area contributed by atoms with E-state index in [1.54, 1.807) is 0 Å². The first-order valence-electron chi connectivity index (χ1n) is 5.84. The van der Waals surface area contributed by atoms with E-state index in [0.29, 0.717) is 6.61 Å². The van der Waals surface area contributed by atoms with E-state index in [-0.39, 0.29) is 6.04 Å². The summed E-state index contributed by atoms with van der Waals surface area (Å²) in [5, 5.41) is 0. The highest BCUT2D eigenvalue weighted by Gasteiger charge is 2.07. The van der Waals surface area contributed by atoms with Crippen LogP contribution in [0.5, 0.6) is 5.75 Å². The van der Waals surface area contributed by atoms with E-state index >= 15 is 0 Å². The van der Waals surface area contributed by atoms with Crippen molar-refractivity contribution < 1.29 is 4.74 Å². The summed E-state index contributed by atoms with van der Waals surface area (Å²) >= 11 is 0. The molecule has 0 aromatic heterocycles. The Labute approximate surface area is 102 Å². The van der Waals surface area contributed by atoms with Gasteiger partial charge in [-0.25, -0.2) is 0 Å². The van der Waals surface area contributed by atoms with Crippen LogP contribution in [0.3, 0.4) is 0 Å². The molecule has 0 saturated carbocycles. The maximum absolute atomic E-state index is 6.20. The van der Waals surface area contributed by atoms with Crippen molar-refractivity contribution in [3.8, 4) is 5.75 Å². The van der Waals surface area contributed by atoms with Gasteiger partial charge in [0.25, 0.3) is 0 Å². The van der Waals surface area contributed by atoms with E-state index in [4.69, 9.17) is 10.5 Å². The molecule has 2 aromatic rings. The first-order chi connectivity index (χ1) is 8.31. The molecule has 0 unspecified atom stereocenters. The second-order valence-corrected chi connectivity index (χ2v) is 3.89. The minimum absolute atomic E-state index is 0.0770. The molecule has 0 aliphatic rings. The highest BCUT2D eigenvalue weighted by molar-refractivity contribution is 5.34. The van der Waals surface area contributed by atoms with Crippen molar-refractivity contribution in [2.75, 3.05) is 6.61 Å². The van der Waals surface area contributed by atoms with Gasteiger partial charge in [0.1, 0.15) is 5.75 Å². The summed E-state index contributed by atoms with van der Waals surface area (Å²) in [5.41, 5.74) is 8.42. The average molecular weight is 227 g/mol. The lowest BCUT2D eigenvalue weighted by molar-refractivity contribution is 0.340. The van der Waals surface area contributed by atoms with Gasteiger partial charge in [0, 0.05) is 0 Å². The molecule has 88 valence electrons. The second kappa shape index (κ2) is 5.51. The van der Waals surface area contributed by atoms with E-state index in [1.807, 2.05) is 61.5 Å². The lowest BCUT2D eigenvalue weighted by Crippen LogP contribution is -2.11. The van der Waals surface area contributed by atoms with Gasteiger partial charge in [-0.3, -0.25) is 0 Å². The number of hydrogen-bond donors (Lipinski definition) is 1. The van der Waals surface area contributed by atoms with Gasteiger partial charge in [0.2, 0.25) is 0 Å². The zero-order valence-corrected chi connectivity index (χ0v) is 9.97. The molecule has 2 nitrogen and oxygen atoms in total. The predicted octanol–water partition coefficient (Wildman–Crippen LogP) is 3.13. The third kappa shape index (κ3) is 2.86. The van der Waals surface area contributed by atoms with Crippen molar-refractivity contribution in [1.29, 1.82) is 0 Å². The van der Waals surface area contributed by atoms with E-state index in [9.17, 15) is 0 Å². The standard InChI is InChI=1S/C15H17NO/c1-2-17-14-10-8-13(9-11-14)15(16)12-6-4-3-5-7-12/h3-11,15H,2,16H2,1H3/t15-/m1/s1. The van der Waals surface area contributed by atoms with E-state index in [1.165, 1.54) is 0 Å². The molecule has 0 aliphatic carbocycles. The van der Waals surface area contributed by atoms with Gasteiger partial charge in [0.15, 0.2) is 0 Å². The molecule has 1 atom stereocenters. The maximum atomic E-state index is 6.20. The Balaban J connectivity index is 2.17. The lowest BCUT2D eigenvalue weighted by Gasteiger charge is -2.13. The number of benzene rings is 2. The van der Waals surface area contributed by atoms with Gasteiger partial charge < -0.3 is 10.5 Å². The fourth-order valence-electron chi connectivity index (χ4n) is 1.79. The largest absolute Gasteiger partial charge is 0.494 e.